The fourth-order valence-electron chi connectivity index (χ4n) is 10.1. The highest BCUT2D eigenvalue weighted by atomic mass is 16.6. The van der Waals surface area contributed by atoms with E-state index in [0.29, 0.717) is 55.9 Å². The molecule has 0 aromatic carbocycles. The predicted molar refractivity (Wildman–Crippen MR) is 203 cm³/mol. The molecule has 0 radical (unpaired) electrons. The van der Waals surface area contributed by atoms with E-state index in [4.69, 9.17) is 9.47 Å². The summed E-state index contributed by atoms with van der Waals surface area (Å²) in [6, 6.07) is 5.83. The maximum Gasteiger partial charge on any atom is 0.409 e. The monoisotopic (exact) mass is 736 g/mol. The van der Waals surface area contributed by atoms with Crippen molar-refractivity contribution in [3.05, 3.63) is 36.9 Å². The minimum Gasteiger partial charge on any atom is -0.450 e. The summed E-state index contributed by atoms with van der Waals surface area (Å²) >= 11 is 0. The van der Waals surface area contributed by atoms with Crippen molar-refractivity contribution >= 4 is 18.0 Å². The first-order valence-electron chi connectivity index (χ1n) is 20.7. The Morgan fingerprint density at radius 2 is 1.23 bits per heavy atom. The average molecular weight is 736 g/mol. The van der Waals surface area contributed by atoms with Crippen LogP contribution in [0.25, 0.3) is 0 Å². The highest BCUT2D eigenvalue weighted by molar-refractivity contribution is 5.86. The van der Waals surface area contributed by atoms with Crippen molar-refractivity contribution in [3.8, 4) is 0 Å². The zero-order chi connectivity index (χ0) is 37.4. The van der Waals surface area contributed by atoms with E-state index in [9.17, 15) is 14.4 Å². The maximum atomic E-state index is 11.9. The molecule has 6 aliphatic rings. The number of carbonyl (C=O) groups is 3. The Morgan fingerprint density at radius 1 is 0.736 bits per heavy atom. The number of ketones is 1. The van der Waals surface area contributed by atoms with Crippen molar-refractivity contribution in [3.63, 3.8) is 0 Å². The van der Waals surface area contributed by atoms with Crippen LogP contribution in [0.4, 0.5) is 9.59 Å². The van der Waals surface area contributed by atoms with Gasteiger partial charge in [-0.2, -0.15) is 10.2 Å². The second-order valence-electron chi connectivity index (χ2n) is 16.9. The molecule has 2 unspecified atom stereocenters. The van der Waals surface area contributed by atoms with Crippen molar-refractivity contribution in [1.82, 2.24) is 34.3 Å². The number of Topliss-reactive ketones (excluding diaryl/α,β-unsaturated/α-hetero) is 1. The molecule has 12 heteroatoms. The number of rotatable bonds is 7. The lowest BCUT2D eigenvalue weighted by molar-refractivity contribution is -0.131. The van der Waals surface area contributed by atoms with Gasteiger partial charge in [0.15, 0.2) is 0 Å². The highest BCUT2D eigenvalue weighted by Crippen LogP contribution is 2.51. The molecule has 2 aromatic rings. The molecular formula is C41H65N7O5. The second kappa shape index (κ2) is 17.8. The van der Waals surface area contributed by atoms with Crippen LogP contribution in [-0.4, -0.2) is 111 Å². The predicted octanol–water partition coefficient (Wildman–Crippen LogP) is 7.39. The zero-order valence-corrected chi connectivity index (χ0v) is 32.9. The Hall–Kier alpha value is -3.41. The van der Waals surface area contributed by atoms with Crippen molar-refractivity contribution in [1.29, 1.82) is 0 Å². The van der Waals surface area contributed by atoms with Crippen LogP contribution in [0.15, 0.2) is 36.9 Å². The molecular weight excluding hydrogens is 670 g/mol. The zero-order valence-electron chi connectivity index (χ0n) is 32.9. The number of aromatic nitrogens is 4. The minimum atomic E-state index is -0.233. The van der Waals surface area contributed by atoms with Crippen molar-refractivity contribution in [2.45, 2.75) is 129 Å². The van der Waals surface area contributed by atoms with Crippen molar-refractivity contribution < 1.29 is 23.9 Å². The number of nitrogens with zero attached hydrogens (tertiary/aromatic N) is 7. The van der Waals surface area contributed by atoms with Gasteiger partial charge >= 0.3 is 12.2 Å². The first-order chi connectivity index (χ1) is 25.6. The molecule has 53 heavy (non-hydrogen) atoms. The van der Waals surface area contributed by atoms with Gasteiger partial charge in [0.2, 0.25) is 0 Å². The topological polar surface area (TPSA) is 115 Å². The van der Waals surface area contributed by atoms with Crippen LogP contribution in [0.3, 0.4) is 0 Å². The van der Waals surface area contributed by atoms with Crippen LogP contribution < -0.4 is 0 Å². The SMILES string of the molecule is CC(C1CCCCC1)n1cccn1.CCOC(=O)N1CCC2(CC(=O)C2)C1.CCOC(=O)N1CCC2(CC(N3CCC(C(C)n4cccn4)CC3)C2)C1. The van der Waals surface area contributed by atoms with Gasteiger partial charge in [-0.1, -0.05) is 19.3 Å². The van der Waals surface area contributed by atoms with E-state index in [0.717, 1.165) is 50.4 Å². The molecule has 5 heterocycles. The van der Waals surface area contributed by atoms with E-state index in [1.54, 1.807) is 11.8 Å². The summed E-state index contributed by atoms with van der Waals surface area (Å²) in [6.45, 7) is 14.8. The van der Waals surface area contributed by atoms with E-state index < -0.39 is 0 Å². The third-order valence-corrected chi connectivity index (χ3v) is 13.4. The minimum absolute atomic E-state index is 0.115. The molecule has 2 amide bonds. The number of piperidine rings is 1. The normalized spacial score (nSPS) is 26.9. The molecule has 8 rings (SSSR count). The van der Waals surface area contributed by atoms with Gasteiger partial charge in [-0.25, -0.2) is 9.59 Å². The van der Waals surface area contributed by atoms with E-state index >= 15 is 0 Å². The summed E-state index contributed by atoms with van der Waals surface area (Å²) in [5, 5.41) is 8.72. The van der Waals surface area contributed by atoms with Gasteiger partial charge in [0.1, 0.15) is 5.78 Å². The van der Waals surface area contributed by atoms with Crippen LogP contribution in [0.2, 0.25) is 0 Å². The Bertz CT molecular complexity index is 1440. The number of ether oxygens (including phenoxy) is 2. The molecule has 2 spiro atoms. The Labute approximate surface area is 316 Å². The molecule has 294 valence electrons. The van der Waals surface area contributed by atoms with E-state index in [2.05, 4.69) is 50.7 Å². The molecule has 0 N–H and O–H groups in total. The van der Waals surface area contributed by atoms with Gasteiger partial charge in [-0.05, 0) is 122 Å². The summed E-state index contributed by atoms with van der Waals surface area (Å²) in [6.07, 6.45) is 23.0. The van der Waals surface area contributed by atoms with E-state index in [1.165, 1.54) is 70.9 Å². The average Bonchev–Trinajstić information content (AvgIpc) is 3.99. The summed E-state index contributed by atoms with van der Waals surface area (Å²) in [5.74, 6) is 1.91. The molecule has 12 nitrogen and oxygen atoms in total. The van der Waals surface area contributed by atoms with Gasteiger partial charge in [-0.3, -0.25) is 14.2 Å². The molecule has 3 aliphatic carbocycles. The molecule has 3 aliphatic heterocycles. The Morgan fingerprint density at radius 3 is 1.70 bits per heavy atom. The Kier molecular flexibility index (Phi) is 13.2. The van der Waals surface area contributed by atoms with Gasteiger partial charge in [-0.15, -0.1) is 0 Å². The third-order valence-electron chi connectivity index (χ3n) is 13.4. The van der Waals surface area contributed by atoms with E-state index in [1.807, 2.05) is 36.4 Å². The molecule has 3 saturated heterocycles. The van der Waals surface area contributed by atoms with Crippen molar-refractivity contribution in [2.75, 3.05) is 52.5 Å². The number of carbonyl (C=O) groups excluding carboxylic acids is 3. The summed E-state index contributed by atoms with van der Waals surface area (Å²) in [7, 11) is 0. The highest BCUT2D eigenvalue weighted by Gasteiger charge is 2.52. The summed E-state index contributed by atoms with van der Waals surface area (Å²) < 4.78 is 14.3. The van der Waals surface area contributed by atoms with Gasteiger partial charge in [0.05, 0.1) is 25.3 Å². The lowest BCUT2D eigenvalue weighted by Gasteiger charge is -2.52. The van der Waals surface area contributed by atoms with Crippen LogP contribution >= 0.6 is 0 Å². The largest absolute Gasteiger partial charge is 0.450 e. The van der Waals surface area contributed by atoms with Crippen molar-refractivity contribution in [2.24, 2.45) is 22.7 Å². The number of amides is 2. The fourth-order valence-corrected chi connectivity index (χ4v) is 10.1. The van der Waals surface area contributed by atoms with Crippen LogP contribution in [-0.2, 0) is 14.3 Å². The maximum absolute atomic E-state index is 11.9. The first-order valence-corrected chi connectivity index (χ1v) is 20.7. The standard InChI is InChI=1S/C20H32N4O2.C11H18N2.C10H15NO3/c1-3-26-19(25)23-12-7-20(15-23)13-18(14-20)22-10-5-17(6-11-22)16(2)24-9-4-8-21-24;1-10(13-9-5-8-12-13)11-6-3-2-4-7-11;1-2-14-9(13)11-4-3-10(7-11)5-8(12)6-10/h4,8-9,16-18H,3,5-7,10-15H2,1-2H3;5,8-11H,2-4,6-7H2,1H3;2-7H2,1H3. The second-order valence-corrected chi connectivity index (χ2v) is 16.9. The molecule has 2 aromatic heterocycles. The van der Waals surface area contributed by atoms with Gasteiger partial charge in [0, 0.05) is 75.3 Å². The first kappa shape index (κ1) is 39.3. The third kappa shape index (κ3) is 9.64. The molecule has 3 saturated carbocycles. The summed E-state index contributed by atoms with van der Waals surface area (Å²) in [4.78, 5) is 40.6. The smallest absolute Gasteiger partial charge is 0.409 e. The number of hydrogen-bond acceptors (Lipinski definition) is 8. The quantitative estimate of drug-likeness (QED) is 0.289. The van der Waals surface area contributed by atoms with Crippen LogP contribution in [0.5, 0.6) is 0 Å². The lowest BCUT2D eigenvalue weighted by atomic mass is 9.64. The number of likely N-dealkylation sites (tertiary alicyclic amines) is 3. The lowest BCUT2D eigenvalue weighted by Crippen LogP contribution is -2.54. The van der Waals surface area contributed by atoms with E-state index in [-0.39, 0.29) is 17.6 Å². The summed E-state index contributed by atoms with van der Waals surface area (Å²) in [5.41, 5.74) is 0.487. The molecule has 6 fully saturated rings. The van der Waals surface area contributed by atoms with Crippen LogP contribution in [0.1, 0.15) is 123 Å². The van der Waals surface area contributed by atoms with Gasteiger partial charge in [0.25, 0.3) is 0 Å². The molecule has 2 atom stereocenters. The van der Waals surface area contributed by atoms with Crippen LogP contribution in [0, 0.1) is 22.7 Å². The molecule has 0 bridgehead atoms. The Balaban J connectivity index is 0.000000150. The van der Waals surface area contributed by atoms with Gasteiger partial charge < -0.3 is 24.2 Å². The fraction of sp³-hybridized carbons (Fsp3) is 0.780. The number of hydrogen-bond donors (Lipinski definition) is 0.